The number of ether oxygens (including phenoxy) is 1. The van der Waals surface area contributed by atoms with Crippen molar-refractivity contribution in [2.45, 2.75) is 12.8 Å². The average Bonchev–Trinajstić information content (AvgIpc) is 2.25. The summed E-state index contributed by atoms with van der Waals surface area (Å²) in [6.45, 7) is 0.649. The van der Waals surface area contributed by atoms with E-state index in [-0.39, 0.29) is 5.92 Å². The molecule has 0 heterocycles. The number of rotatable bonds is 6. The van der Waals surface area contributed by atoms with Crippen LogP contribution in [0.5, 0.6) is 0 Å². The summed E-state index contributed by atoms with van der Waals surface area (Å²) in [4.78, 5) is 10.8. The van der Waals surface area contributed by atoms with Gasteiger partial charge in [-0.3, -0.25) is 0 Å². The number of hydrogen-bond acceptors (Lipinski definition) is 2. The van der Waals surface area contributed by atoms with Crippen molar-refractivity contribution in [3.05, 3.63) is 35.9 Å². The van der Waals surface area contributed by atoms with Crippen LogP contribution < -0.4 is 0 Å². The van der Waals surface area contributed by atoms with Crippen molar-refractivity contribution in [2.75, 3.05) is 13.7 Å². The molecule has 0 radical (unpaired) electrons. The SMILES string of the molecule is COCC[C@@H](C=O)Cc1ccccc1. The lowest BCUT2D eigenvalue weighted by Gasteiger charge is -2.08. The molecule has 0 unspecified atom stereocenters. The number of aldehydes is 1. The lowest BCUT2D eigenvalue weighted by Crippen LogP contribution is -2.09. The molecule has 0 aliphatic rings. The minimum atomic E-state index is 0.0809. The van der Waals surface area contributed by atoms with Crippen LogP contribution in [0.4, 0.5) is 0 Å². The highest BCUT2D eigenvalue weighted by Gasteiger charge is 2.07. The van der Waals surface area contributed by atoms with Crippen LogP contribution >= 0.6 is 0 Å². The van der Waals surface area contributed by atoms with Crippen LogP contribution in [0.3, 0.4) is 0 Å². The van der Waals surface area contributed by atoms with E-state index < -0.39 is 0 Å². The summed E-state index contributed by atoms with van der Waals surface area (Å²) in [5.41, 5.74) is 1.21. The fourth-order valence-electron chi connectivity index (χ4n) is 1.40. The minimum Gasteiger partial charge on any atom is -0.385 e. The van der Waals surface area contributed by atoms with Crippen molar-refractivity contribution in [1.82, 2.24) is 0 Å². The van der Waals surface area contributed by atoms with Crippen molar-refractivity contribution in [2.24, 2.45) is 5.92 Å². The molecule has 0 fully saturated rings. The van der Waals surface area contributed by atoms with Gasteiger partial charge in [0.1, 0.15) is 6.29 Å². The molecule has 0 aromatic heterocycles. The predicted molar refractivity (Wildman–Crippen MR) is 56.2 cm³/mol. The molecule has 0 bridgehead atoms. The van der Waals surface area contributed by atoms with Gasteiger partial charge in [0.05, 0.1) is 0 Å². The Balaban J connectivity index is 2.44. The van der Waals surface area contributed by atoms with Gasteiger partial charge in [0, 0.05) is 19.6 Å². The van der Waals surface area contributed by atoms with E-state index in [1.54, 1.807) is 7.11 Å². The molecule has 0 saturated carbocycles. The zero-order valence-corrected chi connectivity index (χ0v) is 8.48. The van der Waals surface area contributed by atoms with Crippen molar-refractivity contribution in [3.8, 4) is 0 Å². The van der Waals surface area contributed by atoms with E-state index >= 15 is 0 Å². The maximum absolute atomic E-state index is 10.8. The number of methoxy groups -OCH3 is 1. The predicted octanol–water partition coefficient (Wildman–Crippen LogP) is 2.08. The Morgan fingerprint density at radius 1 is 1.36 bits per heavy atom. The maximum Gasteiger partial charge on any atom is 0.123 e. The molecule has 76 valence electrons. The first kappa shape index (κ1) is 10.9. The van der Waals surface area contributed by atoms with E-state index in [0.717, 1.165) is 19.1 Å². The van der Waals surface area contributed by atoms with Crippen molar-refractivity contribution in [3.63, 3.8) is 0 Å². The summed E-state index contributed by atoms with van der Waals surface area (Å²) in [6.07, 6.45) is 2.63. The Labute approximate surface area is 84.9 Å². The van der Waals surface area contributed by atoms with Gasteiger partial charge in [-0.25, -0.2) is 0 Å². The van der Waals surface area contributed by atoms with Gasteiger partial charge in [-0.05, 0) is 18.4 Å². The Hall–Kier alpha value is -1.15. The van der Waals surface area contributed by atoms with Gasteiger partial charge in [-0.15, -0.1) is 0 Å². The second-order valence-electron chi connectivity index (χ2n) is 3.37. The van der Waals surface area contributed by atoms with E-state index in [2.05, 4.69) is 0 Å². The standard InChI is InChI=1S/C12H16O2/c1-14-8-7-12(10-13)9-11-5-3-2-4-6-11/h2-6,10,12H,7-9H2,1H3/t12-/m1/s1. The summed E-state index contributed by atoms with van der Waals surface area (Å²) in [6, 6.07) is 10.1. The first-order valence-electron chi connectivity index (χ1n) is 4.85. The molecular weight excluding hydrogens is 176 g/mol. The third-order valence-electron chi connectivity index (χ3n) is 2.23. The first-order chi connectivity index (χ1) is 6.86. The Morgan fingerprint density at radius 3 is 2.64 bits per heavy atom. The normalized spacial score (nSPS) is 12.4. The van der Waals surface area contributed by atoms with E-state index in [4.69, 9.17) is 4.74 Å². The van der Waals surface area contributed by atoms with Crippen molar-refractivity contribution >= 4 is 6.29 Å². The zero-order chi connectivity index (χ0) is 10.2. The largest absolute Gasteiger partial charge is 0.385 e. The molecule has 1 rings (SSSR count). The van der Waals surface area contributed by atoms with Gasteiger partial charge in [0.2, 0.25) is 0 Å². The highest BCUT2D eigenvalue weighted by atomic mass is 16.5. The average molecular weight is 192 g/mol. The summed E-state index contributed by atoms with van der Waals surface area (Å²) >= 11 is 0. The lowest BCUT2D eigenvalue weighted by molar-refractivity contribution is -0.111. The Bertz CT molecular complexity index is 256. The fourth-order valence-corrected chi connectivity index (χ4v) is 1.40. The molecule has 14 heavy (non-hydrogen) atoms. The molecule has 2 nitrogen and oxygen atoms in total. The summed E-state index contributed by atoms with van der Waals surface area (Å²) < 4.78 is 4.95. The lowest BCUT2D eigenvalue weighted by atomic mass is 9.98. The van der Waals surface area contributed by atoms with E-state index in [1.165, 1.54) is 5.56 Å². The van der Waals surface area contributed by atoms with Crippen LogP contribution in [0.2, 0.25) is 0 Å². The second kappa shape index (κ2) is 6.33. The molecule has 0 aliphatic carbocycles. The minimum absolute atomic E-state index is 0.0809. The van der Waals surface area contributed by atoms with Gasteiger partial charge < -0.3 is 9.53 Å². The van der Waals surface area contributed by atoms with E-state index in [0.29, 0.717) is 6.61 Å². The fraction of sp³-hybridized carbons (Fsp3) is 0.417. The monoisotopic (exact) mass is 192 g/mol. The molecular formula is C12H16O2. The van der Waals surface area contributed by atoms with Crippen LogP contribution in [0.1, 0.15) is 12.0 Å². The number of carbonyl (C=O) groups excluding carboxylic acids is 1. The third-order valence-corrected chi connectivity index (χ3v) is 2.23. The molecule has 1 aromatic carbocycles. The summed E-state index contributed by atoms with van der Waals surface area (Å²) in [7, 11) is 1.66. The molecule has 0 aliphatic heterocycles. The van der Waals surface area contributed by atoms with Crippen LogP contribution in [0.25, 0.3) is 0 Å². The maximum atomic E-state index is 10.8. The Kier molecular flexibility index (Phi) is 4.94. The highest BCUT2D eigenvalue weighted by Crippen LogP contribution is 2.09. The second-order valence-corrected chi connectivity index (χ2v) is 3.37. The molecule has 2 heteroatoms. The number of hydrogen-bond donors (Lipinski definition) is 0. The third kappa shape index (κ3) is 3.71. The van der Waals surface area contributed by atoms with Crippen LogP contribution in [0.15, 0.2) is 30.3 Å². The Morgan fingerprint density at radius 2 is 2.07 bits per heavy atom. The molecule has 0 amide bonds. The summed E-state index contributed by atoms with van der Waals surface area (Å²) in [5.74, 6) is 0.0809. The number of carbonyl (C=O) groups is 1. The highest BCUT2D eigenvalue weighted by molar-refractivity contribution is 5.54. The van der Waals surface area contributed by atoms with Crippen molar-refractivity contribution < 1.29 is 9.53 Å². The van der Waals surface area contributed by atoms with Crippen LogP contribution in [-0.2, 0) is 16.0 Å². The van der Waals surface area contributed by atoms with Gasteiger partial charge in [0.15, 0.2) is 0 Å². The van der Waals surface area contributed by atoms with E-state index in [9.17, 15) is 4.79 Å². The van der Waals surface area contributed by atoms with Gasteiger partial charge in [-0.1, -0.05) is 30.3 Å². The summed E-state index contributed by atoms with van der Waals surface area (Å²) in [5, 5.41) is 0. The quantitative estimate of drug-likeness (QED) is 0.645. The first-order valence-corrected chi connectivity index (χ1v) is 4.85. The zero-order valence-electron chi connectivity index (χ0n) is 8.48. The van der Waals surface area contributed by atoms with Crippen LogP contribution in [0, 0.1) is 5.92 Å². The van der Waals surface area contributed by atoms with E-state index in [1.807, 2.05) is 30.3 Å². The van der Waals surface area contributed by atoms with Crippen LogP contribution in [-0.4, -0.2) is 20.0 Å². The molecule has 0 spiro atoms. The molecule has 1 aromatic rings. The van der Waals surface area contributed by atoms with Gasteiger partial charge >= 0.3 is 0 Å². The smallest absolute Gasteiger partial charge is 0.123 e. The van der Waals surface area contributed by atoms with Gasteiger partial charge in [0.25, 0.3) is 0 Å². The number of benzene rings is 1. The van der Waals surface area contributed by atoms with Crippen molar-refractivity contribution in [1.29, 1.82) is 0 Å². The van der Waals surface area contributed by atoms with Gasteiger partial charge in [-0.2, -0.15) is 0 Å². The molecule has 0 N–H and O–H groups in total. The topological polar surface area (TPSA) is 26.3 Å². The molecule has 1 atom stereocenters. The molecule has 0 saturated heterocycles.